The second kappa shape index (κ2) is 8.60. The molecule has 4 rings (SSSR count). The molecule has 1 atom stereocenters. The van der Waals surface area contributed by atoms with Crippen LogP contribution in [0, 0.1) is 12.7 Å². The van der Waals surface area contributed by atoms with Gasteiger partial charge in [0.1, 0.15) is 15.7 Å². The number of nitrogens with one attached hydrogen (secondary N) is 1. The quantitative estimate of drug-likeness (QED) is 0.572. The van der Waals surface area contributed by atoms with Crippen molar-refractivity contribution in [3.05, 3.63) is 52.0 Å². The number of benzene rings is 1. The molecule has 0 radical (unpaired) electrons. The number of amides is 1. The summed E-state index contributed by atoms with van der Waals surface area (Å²) in [4.78, 5) is 12.1. The Morgan fingerprint density at radius 2 is 1.97 bits per heavy atom. The number of aromatic nitrogens is 4. The standard InChI is InChI=1S/C18H17F3N6O3S2/c1-10-14(9-22-27(10)18(20)21)32(29,30)26-8-2-3-13(26)16-24-25-17(31-16)15(28)23-12-6-4-11(19)5-7-12/h4-7,9,13,18H,2-3,8H2,1H3,(H,23,28). The Bertz CT molecular complexity index is 1240. The minimum Gasteiger partial charge on any atom is -0.320 e. The van der Waals surface area contributed by atoms with Crippen molar-refractivity contribution < 1.29 is 26.4 Å². The fourth-order valence-corrected chi connectivity index (χ4v) is 6.20. The lowest BCUT2D eigenvalue weighted by atomic mass is 10.2. The van der Waals surface area contributed by atoms with Gasteiger partial charge in [-0.2, -0.15) is 18.2 Å². The van der Waals surface area contributed by atoms with Gasteiger partial charge in [0.05, 0.1) is 17.9 Å². The van der Waals surface area contributed by atoms with Crippen molar-refractivity contribution in [1.82, 2.24) is 24.3 Å². The van der Waals surface area contributed by atoms with Crippen LogP contribution in [-0.4, -0.2) is 45.2 Å². The van der Waals surface area contributed by atoms with E-state index >= 15 is 0 Å². The van der Waals surface area contributed by atoms with Crippen molar-refractivity contribution in [2.75, 3.05) is 11.9 Å². The highest BCUT2D eigenvalue weighted by Crippen LogP contribution is 2.38. The molecule has 9 nitrogen and oxygen atoms in total. The van der Waals surface area contributed by atoms with E-state index in [1.165, 1.54) is 35.5 Å². The second-order valence-corrected chi connectivity index (χ2v) is 9.86. The van der Waals surface area contributed by atoms with Crippen molar-refractivity contribution >= 4 is 33.0 Å². The Morgan fingerprint density at radius 1 is 1.25 bits per heavy atom. The van der Waals surface area contributed by atoms with Crippen LogP contribution in [0.5, 0.6) is 0 Å². The van der Waals surface area contributed by atoms with Crippen LogP contribution in [0.2, 0.25) is 0 Å². The second-order valence-electron chi connectivity index (χ2n) is 7.00. The largest absolute Gasteiger partial charge is 0.333 e. The first kappa shape index (κ1) is 22.4. The average molecular weight is 487 g/mol. The third kappa shape index (κ3) is 4.12. The number of sulfonamides is 1. The van der Waals surface area contributed by atoms with Crippen molar-refractivity contribution in [3.63, 3.8) is 0 Å². The van der Waals surface area contributed by atoms with E-state index in [9.17, 15) is 26.4 Å². The minimum atomic E-state index is -4.12. The van der Waals surface area contributed by atoms with Crippen molar-refractivity contribution in [2.45, 2.75) is 37.3 Å². The molecule has 1 N–H and O–H groups in total. The SMILES string of the molecule is Cc1c(S(=O)(=O)N2CCCC2c2nnc(C(=O)Nc3ccc(F)cc3)s2)cnn1C(F)F. The van der Waals surface area contributed by atoms with Crippen LogP contribution in [0.25, 0.3) is 0 Å². The fraction of sp³-hybridized carbons (Fsp3) is 0.333. The molecule has 32 heavy (non-hydrogen) atoms. The van der Waals surface area contributed by atoms with Gasteiger partial charge >= 0.3 is 6.55 Å². The molecule has 170 valence electrons. The molecule has 14 heteroatoms. The fourth-order valence-electron chi connectivity index (χ4n) is 3.44. The van der Waals surface area contributed by atoms with E-state index in [0.29, 0.717) is 28.2 Å². The first-order valence-corrected chi connectivity index (χ1v) is 11.7. The third-order valence-electron chi connectivity index (χ3n) is 5.00. The Kier molecular flexibility index (Phi) is 6.01. The molecule has 1 saturated heterocycles. The van der Waals surface area contributed by atoms with Gasteiger partial charge in [-0.05, 0) is 44.0 Å². The van der Waals surface area contributed by atoms with E-state index < -0.39 is 34.3 Å². The topological polar surface area (TPSA) is 110 Å². The lowest BCUT2D eigenvalue weighted by Gasteiger charge is -2.21. The van der Waals surface area contributed by atoms with Crippen LogP contribution in [0.4, 0.5) is 18.9 Å². The highest BCUT2D eigenvalue weighted by atomic mass is 32.2. The van der Waals surface area contributed by atoms with E-state index in [0.717, 1.165) is 17.5 Å². The van der Waals surface area contributed by atoms with Gasteiger partial charge in [0.25, 0.3) is 5.91 Å². The van der Waals surface area contributed by atoms with Gasteiger partial charge in [-0.25, -0.2) is 17.5 Å². The molecule has 3 heterocycles. The van der Waals surface area contributed by atoms with Gasteiger partial charge in [-0.15, -0.1) is 10.2 Å². The molecule has 3 aromatic rings. The Balaban J connectivity index is 1.56. The molecule has 1 fully saturated rings. The summed E-state index contributed by atoms with van der Waals surface area (Å²) < 4.78 is 66.9. The van der Waals surface area contributed by atoms with E-state index in [1.807, 2.05) is 0 Å². The predicted octanol–water partition coefficient (Wildman–Crippen LogP) is 3.36. The summed E-state index contributed by atoms with van der Waals surface area (Å²) >= 11 is 0.935. The Morgan fingerprint density at radius 3 is 2.62 bits per heavy atom. The number of hydrogen-bond acceptors (Lipinski definition) is 7. The molecular weight excluding hydrogens is 469 g/mol. The number of anilines is 1. The van der Waals surface area contributed by atoms with Gasteiger partial charge < -0.3 is 5.32 Å². The van der Waals surface area contributed by atoms with Crippen LogP contribution < -0.4 is 5.32 Å². The van der Waals surface area contributed by atoms with Gasteiger partial charge in [0.2, 0.25) is 15.0 Å². The number of rotatable bonds is 6. The predicted molar refractivity (Wildman–Crippen MR) is 108 cm³/mol. The third-order valence-corrected chi connectivity index (χ3v) is 8.03. The van der Waals surface area contributed by atoms with Crippen LogP contribution in [0.3, 0.4) is 0 Å². The number of carbonyl (C=O) groups excluding carboxylic acids is 1. The first-order chi connectivity index (χ1) is 15.2. The summed E-state index contributed by atoms with van der Waals surface area (Å²) in [5, 5.41) is 14.2. The Hall–Kier alpha value is -2.84. The zero-order valence-electron chi connectivity index (χ0n) is 16.6. The number of halogens is 3. The van der Waals surface area contributed by atoms with Crippen molar-refractivity contribution in [3.8, 4) is 0 Å². The highest BCUT2D eigenvalue weighted by Gasteiger charge is 2.40. The zero-order chi connectivity index (χ0) is 23.0. The molecular formula is C18H17F3N6O3S2. The van der Waals surface area contributed by atoms with Crippen molar-refractivity contribution in [1.29, 1.82) is 0 Å². The number of nitrogens with zero attached hydrogens (tertiary/aromatic N) is 5. The normalized spacial score (nSPS) is 17.2. The highest BCUT2D eigenvalue weighted by molar-refractivity contribution is 7.89. The minimum absolute atomic E-state index is 0.00951. The van der Waals surface area contributed by atoms with Crippen LogP contribution in [0.15, 0.2) is 35.4 Å². The summed E-state index contributed by atoms with van der Waals surface area (Å²) in [7, 11) is -4.12. The van der Waals surface area contributed by atoms with Crippen molar-refractivity contribution in [2.24, 2.45) is 0 Å². The summed E-state index contributed by atoms with van der Waals surface area (Å²) in [5.74, 6) is -1.01. The molecule has 1 aliphatic rings. The Labute approximate surface area is 184 Å². The smallest absolute Gasteiger partial charge is 0.320 e. The molecule has 1 amide bonds. The molecule has 1 aromatic carbocycles. The maximum absolute atomic E-state index is 13.2. The molecule has 0 spiro atoms. The summed E-state index contributed by atoms with van der Waals surface area (Å²) in [6.07, 6.45) is 1.88. The maximum Gasteiger partial charge on any atom is 0.333 e. The summed E-state index contributed by atoms with van der Waals surface area (Å²) in [6.45, 7) is -1.53. The lowest BCUT2D eigenvalue weighted by Crippen LogP contribution is -2.31. The maximum atomic E-state index is 13.2. The van der Waals surface area contributed by atoms with Crippen LogP contribution in [0.1, 0.15) is 45.9 Å². The van der Waals surface area contributed by atoms with Crippen LogP contribution in [-0.2, 0) is 10.0 Å². The van der Waals surface area contributed by atoms with E-state index in [1.54, 1.807) is 0 Å². The van der Waals surface area contributed by atoms with E-state index in [-0.39, 0.29) is 22.1 Å². The number of alkyl halides is 2. The molecule has 2 aromatic heterocycles. The molecule has 1 unspecified atom stereocenters. The summed E-state index contributed by atoms with van der Waals surface area (Å²) in [6, 6.07) is 4.49. The monoisotopic (exact) mass is 486 g/mol. The van der Waals surface area contributed by atoms with E-state index in [2.05, 4.69) is 20.6 Å². The number of carbonyl (C=O) groups is 1. The molecule has 1 aliphatic heterocycles. The van der Waals surface area contributed by atoms with Gasteiger partial charge in [-0.3, -0.25) is 4.79 Å². The van der Waals surface area contributed by atoms with E-state index in [4.69, 9.17) is 0 Å². The van der Waals surface area contributed by atoms with Gasteiger partial charge in [0.15, 0.2) is 0 Å². The van der Waals surface area contributed by atoms with Gasteiger partial charge in [0, 0.05) is 12.2 Å². The molecule has 0 bridgehead atoms. The molecule has 0 aliphatic carbocycles. The average Bonchev–Trinajstić information content (AvgIpc) is 3.48. The van der Waals surface area contributed by atoms with Crippen LogP contribution >= 0.6 is 11.3 Å². The molecule has 0 saturated carbocycles. The summed E-state index contributed by atoms with van der Waals surface area (Å²) in [5.41, 5.74) is 0.201. The zero-order valence-corrected chi connectivity index (χ0v) is 18.2. The number of hydrogen-bond donors (Lipinski definition) is 1. The first-order valence-electron chi connectivity index (χ1n) is 9.43. The van der Waals surface area contributed by atoms with Gasteiger partial charge in [-0.1, -0.05) is 11.3 Å². The lowest BCUT2D eigenvalue weighted by molar-refractivity contribution is 0.0541.